The number of rotatable bonds is 7. The van der Waals surface area contributed by atoms with Gasteiger partial charge in [-0.15, -0.1) is 0 Å². The van der Waals surface area contributed by atoms with Gasteiger partial charge in [-0.2, -0.15) is 0 Å². The molecule has 0 atom stereocenters. The summed E-state index contributed by atoms with van der Waals surface area (Å²) in [6.07, 6.45) is 0. The van der Waals surface area contributed by atoms with Crippen LogP contribution in [0.5, 0.6) is 11.5 Å². The summed E-state index contributed by atoms with van der Waals surface area (Å²) in [6, 6.07) is 30.6. The van der Waals surface area contributed by atoms with Gasteiger partial charge in [0.1, 0.15) is 11.5 Å². The molecule has 0 saturated heterocycles. The topological polar surface area (TPSA) is 151 Å². The predicted molar refractivity (Wildman–Crippen MR) is 137 cm³/mol. The molecule has 0 spiro atoms. The predicted octanol–water partition coefficient (Wildman–Crippen LogP) is 4.42. The zero-order valence-corrected chi connectivity index (χ0v) is 19.9. The lowest BCUT2D eigenvalue weighted by atomic mass is 10.2. The minimum atomic E-state index is -0.986. The molecule has 0 radical (unpaired) electrons. The molecular weight excluding hydrogens is 476 g/mol. The van der Waals surface area contributed by atoms with Gasteiger partial charge >= 0.3 is 5.97 Å². The molecule has 192 valence electrons. The van der Waals surface area contributed by atoms with E-state index in [4.69, 9.17) is 26.1 Å². The molecule has 0 aromatic heterocycles. The number of nitrogens with one attached hydrogen (secondary N) is 1. The summed E-state index contributed by atoms with van der Waals surface area (Å²) in [5.41, 5.74) is 5.03. The summed E-state index contributed by atoms with van der Waals surface area (Å²) in [5, 5.41) is 26.2. The molecular formula is C28H28N2O7. The van der Waals surface area contributed by atoms with Crippen molar-refractivity contribution in [1.29, 1.82) is 0 Å². The Hall–Kier alpha value is -4.70. The smallest absolute Gasteiger partial charge is 0.335 e. The van der Waals surface area contributed by atoms with Gasteiger partial charge in [-0.05, 0) is 59.7 Å². The van der Waals surface area contributed by atoms with Crippen LogP contribution in [-0.4, -0.2) is 27.2 Å². The molecule has 0 fully saturated rings. The van der Waals surface area contributed by atoms with E-state index in [1.54, 1.807) is 0 Å². The van der Waals surface area contributed by atoms with Crippen molar-refractivity contribution in [3.8, 4) is 11.5 Å². The average Bonchev–Trinajstić information content (AvgIpc) is 2.91. The fraction of sp³-hybridized carbons (Fsp3) is 0.0714. The number of aromatic carboxylic acids is 1. The normalized spacial score (nSPS) is 9.65. The van der Waals surface area contributed by atoms with E-state index in [0.717, 1.165) is 11.1 Å². The molecule has 37 heavy (non-hydrogen) atoms. The summed E-state index contributed by atoms with van der Waals surface area (Å²) in [7, 11) is 0. The van der Waals surface area contributed by atoms with E-state index >= 15 is 0 Å². The molecule has 0 aliphatic heterocycles. The van der Waals surface area contributed by atoms with E-state index in [1.165, 1.54) is 48.5 Å². The lowest BCUT2D eigenvalue weighted by Gasteiger charge is -2.06. The number of phenolic OH excluding ortho intramolecular Hbond substituents is 2. The van der Waals surface area contributed by atoms with Gasteiger partial charge < -0.3 is 15.3 Å². The molecule has 0 heterocycles. The van der Waals surface area contributed by atoms with E-state index in [2.05, 4.69) is 10.3 Å². The van der Waals surface area contributed by atoms with Crippen molar-refractivity contribution in [1.82, 2.24) is 5.48 Å². The molecule has 4 rings (SSSR count). The Balaban J connectivity index is 0.000000214. The van der Waals surface area contributed by atoms with Gasteiger partial charge in [-0.1, -0.05) is 60.7 Å². The van der Waals surface area contributed by atoms with E-state index in [-0.39, 0.29) is 23.0 Å². The third-order valence-corrected chi connectivity index (χ3v) is 4.58. The number of benzene rings is 4. The number of carboxylic acid groups (broad SMARTS) is 1. The van der Waals surface area contributed by atoms with Crippen molar-refractivity contribution in [2.24, 2.45) is 5.90 Å². The standard InChI is InChI=1S/C14H13NO3.C7H9NO.C7H6O3/c16-13-8-6-12(7-9-13)14(17)15-18-10-11-4-2-1-3-5-11;8-9-6-7-4-2-1-3-5-7;8-6-3-1-5(2-4-6)7(9)10/h1-9,16H,10H2,(H,15,17);1-5H,6,8H2;1-4,8H,(H,9,10). The molecule has 4 aromatic carbocycles. The van der Waals surface area contributed by atoms with Crippen molar-refractivity contribution in [2.75, 3.05) is 0 Å². The molecule has 0 bridgehead atoms. The monoisotopic (exact) mass is 504 g/mol. The number of amides is 1. The lowest BCUT2D eigenvalue weighted by molar-refractivity contribution is 0.0233. The summed E-state index contributed by atoms with van der Waals surface area (Å²) in [5.74, 6) is 3.73. The van der Waals surface area contributed by atoms with Crippen molar-refractivity contribution >= 4 is 11.9 Å². The van der Waals surface area contributed by atoms with Gasteiger partial charge in [0.15, 0.2) is 0 Å². The number of hydrogen-bond acceptors (Lipinski definition) is 7. The molecule has 4 aromatic rings. The minimum absolute atomic E-state index is 0.0741. The Labute approximate surface area is 214 Å². The zero-order chi connectivity index (χ0) is 26.9. The Bertz CT molecular complexity index is 1200. The fourth-order valence-electron chi connectivity index (χ4n) is 2.71. The molecule has 0 saturated carbocycles. The van der Waals surface area contributed by atoms with Gasteiger partial charge in [0, 0.05) is 5.56 Å². The van der Waals surface area contributed by atoms with E-state index in [1.807, 2.05) is 60.7 Å². The lowest BCUT2D eigenvalue weighted by Crippen LogP contribution is -2.23. The Morgan fingerprint density at radius 3 is 1.51 bits per heavy atom. The fourth-order valence-corrected chi connectivity index (χ4v) is 2.71. The summed E-state index contributed by atoms with van der Waals surface area (Å²) < 4.78 is 0. The van der Waals surface area contributed by atoms with Gasteiger partial charge in [0.05, 0.1) is 18.8 Å². The maximum Gasteiger partial charge on any atom is 0.335 e. The number of hydrogen-bond donors (Lipinski definition) is 5. The van der Waals surface area contributed by atoms with Crippen molar-refractivity contribution < 1.29 is 34.6 Å². The molecule has 0 aliphatic rings. The van der Waals surface area contributed by atoms with Crippen LogP contribution in [0.25, 0.3) is 0 Å². The van der Waals surface area contributed by atoms with Crippen LogP contribution in [0.2, 0.25) is 0 Å². The number of carbonyl (C=O) groups is 2. The van der Waals surface area contributed by atoms with E-state index in [9.17, 15) is 9.59 Å². The molecule has 6 N–H and O–H groups in total. The second-order valence-corrected chi connectivity index (χ2v) is 7.40. The third-order valence-electron chi connectivity index (χ3n) is 4.58. The zero-order valence-electron chi connectivity index (χ0n) is 19.9. The highest BCUT2D eigenvalue weighted by molar-refractivity contribution is 5.93. The van der Waals surface area contributed by atoms with Gasteiger partial charge in [0.2, 0.25) is 0 Å². The van der Waals surface area contributed by atoms with Crippen LogP contribution in [0, 0.1) is 0 Å². The number of hydroxylamine groups is 1. The molecule has 1 amide bonds. The Kier molecular flexibility index (Phi) is 12.4. The Morgan fingerprint density at radius 1 is 0.649 bits per heavy atom. The van der Waals surface area contributed by atoms with Crippen LogP contribution in [0.15, 0.2) is 109 Å². The maximum absolute atomic E-state index is 11.6. The van der Waals surface area contributed by atoms with Gasteiger partial charge in [0.25, 0.3) is 5.91 Å². The molecule has 9 heteroatoms. The third kappa shape index (κ3) is 11.5. The quantitative estimate of drug-likeness (QED) is 0.232. The number of aromatic hydroxyl groups is 2. The highest BCUT2D eigenvalue weighted by Gasteiger charge is 2.05. The number of carboxylic acids is 1. The number of carbonyl (C=O) groups excluding carboxylic acids is 1. The van der Waals surface area contributed by atoms with Crippen LogP contribution in [0.1, 0.15) is 31.8 Å². The first-order chi connectivity index (χ1) is 17.9. The maximum atomic E-state index is 11.6. The van der Waals surface area contributed by atoms with Crippen molar-refractivity contribution in [3.63, 3.8) is 0 Å². The molecule has 0 aliphatic carbocycles. The SMILES string of the molecule is NOCc1ccccc1.O=C(NOCc1ccccc1)c1ccc(O)cc1.O=C(O)c1ccc(O)cc1. The highest BCUT2D eigenvalue weighted by Crippen LogP contribution is 2.10. The van der Waals surface area contributed by atoms with Crippen LogP contribution in [0.4, 0.5) is 0 Å². The van der Waals surface area contributed by atoms with Crippen LogP contribution in [0.3, 0.4) is 0 Å². The van der Waals surface area contributed by atoms with Crippen LogP contribution < -0.4 is 11.4 Å². The van der Waals surface area contributed by atoms with Crippen LogP contribution in [-0.2, 0) is 22.9 Å². The van der Waals surface area contributed by atoms with Crippen molar-refractivity contribution in [3.05, 3.63) is 131 Å². The summed E-state index contributed by atoms with van der Waals surface area (Å²) >= 11 is 0. The van der Waals surface area contributed by atoms with Crippen molar-refractivity contribution in [2.45, 2.75) is 13.2 Å². The first-order valence-electron chi connectivity index (χ1n) is 11.0. The van der Waals surface area contributed by atoms with E-state index in [0.29, 0.717) is 18.8 Å². The summed E-state index contributed by atoms with van der Waals surface area (Å²) in [4.78, 5) is 31.4. The first kappa shape index (κ1) is 28.5. The highest BCUT2D eigenvalue weighted by atomic mass is 16.6. The number of phenols is 2. The largest absolute Gasteiger partial charge is 0.508 e. The van der Waals surface area contributed by atoms with Gasteiger partial charge in [-0.25, -0.2) is 16.2 Å². The minimum Gasteiger partial charge on any atom is -0.508 e. The first-order valence-corrected chi connectivity index (χ1v) is 11.0. The second kappa shape index (κ2) is 16.1. The number of nitrogens with two attached hydrogens (primary N) is 1. The Morgan fingerprint density at radius 2 is 1.08 bits per heavy atom. The second-order valence-electron chi connectivity index (χ2n) is 7.40. The van der Waals surface area contributed by atoms with Gasteiger partial charge in [-0.3, -0.25) is 14.5 Å². The van der Waals surface area contributed by atoms with E-state index < -0.39 is 5.97 Å². The molecule has 9 nitrogen and oxygen atoms in total. The van der Waals surface area contributed by atoms with Crippen LogP contribution >= 0.6 is 0 Å². The average molecular weight is 505 g/mol. The molecule has 0 unspecified atom stereocenters. The summed E-state index contributed by atoms with van der Waals surface area (Å²) in [6.45, 7) is 0.797.